The first-order valence-corrected chi connectivity index (χ1v) is 10.1. The Labute approximate surface area is 174 Å². The standard InChI is InChI=1S/C20H13BrClN3OS/c21-16-9-8-13(11-17(16)22)23-20-24-19(26)18(27-20)12-15-7-4-10-25(15)14-5-2-1-3-6-14/h1-12H,(H,23,24,26). The number of carbonyl (C=O) groups is 1. The highest BCUT2D eigenvalue weighted by atomic mass is 79.9. The third-order valence-corrected chi connectivity index (χ3v) is 6.02. The summed E-state index contributed by atoms with van der Waals surface area (Å²) in [6, 6.07) is 19.3. The summed E-state index contributed by atoms with van der Waals surface area (Å²) in [7, 11) is 0. The Hall–Kier alpha value is -2.28. The van der Waals surface area contributed by atoms with Crippen LogP contribution in [0.4, 0.5) is 5.69 Å². The molecule has 1 amide bonds. The van der Waals surface area contributed by atoms with E-state index in [1.54, 1.807) is 6.07 Å². The molecule has 0 radical (unpaired) electrons. The summed E-state index contributed by atoms with van der Waals surface area (Å²) in [6.07, 6.45) is 3.84. The van der Waals surface area contributed by atoms with E-state index in [1.165, 1.54) is 11.8 Å². The Kier molecular flexibility index (Phi) is 5.20. The molecule has 1 saturated heterocycles. The number of para-hydroxylation sites is 1. The van der Waals surface area contributed by atoms with Gasteiger partial charge < -0.3 is 9.88 Å². The van der Waals surface area contributed by atoms with Crippen LogP contribution < -0.4 is 5.32 Å². The number of hydrogen-bond acceptors (Lipinski definition) is 3. The molecule has 0 aliphatic carbocycles. The Morgan fingerprint density at radius 3 is 2.70 bits per heavy atom. The summed E-state index contributed by atoms with van der Waals surface area (Å²) >= 11 is 10.8. The molecule has 1 fully saturated rings. The summed E-state index contributed by atoms with van der Waals surface area (Å²) in [6.45, 7) is 0. The fraction of sp³-hybridized carbons (Fsp3) is 0. The van der Waals surface area contributed by atoms with Gasteiger partial charge in [0, 0.05) is 22.1 Å². The minimum Gasteiger partial charge on any atom is -0.317 e. The van der Waals surface area contributed by atoms with Crippen LogP contribution >= 0.6 is 39.3 Å². The first-order valence-electron chi connectivity index (χ1n) is 8.07. The SMILES string of the molecule is O=C1NC(=Nc2ccc(Br)c(Cl)c2)SC1=Cc1cccn1-c1ccccc1. The summed E-state index contributed by atoms with van der Waals surface area (Å²) in [5.74, 6) is -0.164. The second-order valence-electron chi connectivity index (χ2n) is 5.72. The second kappa shape index (κ2) is 7.76. The molecule has 4 rings (SSSR count). The molecule has 3 aromatic rings. The highest BCUT2D eigenvalue weighted by Crippen LogP contribution is 2.31. The lowest BCUT2D eigenvalue weighted by Crippen LogP contribution is -2.19. The second-order valence-corrected chi connectivity index (χ2v) is 8.01. The van der Waals surface area contributed by atoms with E-state index in [-0.39, 0.29) is 5.91 Å². The average molecular weight is 459 g/mol. The first-order chi connectivity index (χ1) is 13.1. The number of aromatic nitrogens is 1. The lowest BCUT2D eigenvalue weighted by atomic mass is 10.3. The van der Waals surface area contributed by atoms with Crippen LogP contribution in [0, 0.1) is 0 Å². The van der Waals surface area contributed by atoms with E-state index >= 15 is 0 Å². The third-order valence-electron chi connectivity index (χ3n) is 3.88. The van der Waals surface area contributed by atoms with Gasteiger partial charge in [-0.05, 0) is 76.2 Å². The molecule has 1 aliphatic heterocycles. The van der Waals surface area contributed by atoms with Crippen molar-refractivity contribution in [1.29, 1.82) is 0 Å². The molecule has 0 saturated carbocycles. The molecular formula is C20H13BrClN3OS. The maximum absolute atomic E-state index is 12.3. The number of carbonyl (C=O) groups excluding carboxylic acids is 1. The Morgan fingerprint density at radius 2 is 1.93 bits per heavy atom. The van der Waals surface area contributed by atoms with Crippen molar-refractivity contribution in [3.8, 4) is 5.69 Å². The molecule has 2 aromatic carbocycles. The highest BCUT2D eigenvalue weighted by molar-refractivity contribution is 9.10. The molecule has 0 unspecified atom stereocenters. The van der Waals surface area contributed by atoms with Gasteiger partial charge in [0.1, 0.15) is 0 Å². The number of hydrogen-bond donors (Lipinski definition) is 1. The fourth-order valence-corrected chi connectivity index (χ4v) is 3.87. The lowest BCUT2D eigenvalue weighted by molar-refractivity contribution is -0.115. The van der Waals surface area contributed by atoms with E-state index in [2.05, 4.69) is 26.2 Å². The van der Waals surface area contributed by atoms with Crippen LogP contribution in [-0.2, 0) is 4.79 Å². The van der Waals surface area contributed by atoms with E-state index < -0.39 is 0 Å². The van der Waals surface area contributed by atoms with Crippen molar-refractivity contribution in [2.45, 2.75) is 0 Å². The van der Waals surface area contributed by atoms with Crippen LogP contribution in [0.5, 0.6) is 0 Å². The topological polar surface area (TPSA) is 46.4 Å². The summed E-state index contributed by atoms with van der Waals surface area (Å²) < 4.78 is 2.84. The van der Waals surface area contributed by atoms with Crippen molar-refractivity contribution < 1.29 is 4.79 Å². The molecule has 0 spiro atoms. The zero-order chi connectivity index (χ0) is 18.8. The van der Waals surface area contributed by atoms with E-state index in [0.29, 0.717) is 20.8 Å². The van der Waals surface area contributed by atoms with Gasteiger partial charge in [0.2, 0.25) is 0 Å². The quantitative estimate of drug-likeness (QED) is 0.505. The van der Waals surface area contributed by atoms with Crippen LogP contribution in [0.3, 0.4) is 0 Å². The Morgan fingerprint density at radius 1 is 1.11 bits per heavy atom. The smallest absolute Gasteiger partial charge is 0.264 e. The van der Waals surface area contributed by atoms with Crippen molar-refractivity contribution in [2.75, 3.05) is 0 Å². The van der Waals surface area contributed by atoms with Gasteiger partial charge in [-0.3, -0.25) is 4.79 Å². The number of benzene rings is 2. The molecule has 27 heavy (non-hydrogen) atoms. The number of rotatable bonds is 3. The molecule has 1 aromatic heterocycles. The molecule has 7 heteroatoms. The summed E-state index contributed by atoms with van der Waals surface area (Å²) in [4.78, 5) is 17.4. The molecule has 1 aliphatic rings. The maximum Gasteiger partial charge on any atom is 0.264 e. The minimum atomic E-state index is -0.164. The van der Waals surface area contributed by atoms with Gasteiger partial charge in [0.25, 0.3) is 5.91 Å². The predicted molar refractivity (Wildman–Crippen MR) is 116 cm³/mol. The van der Waals surface area contributed by atoms with Crippen molar-refractivity contribution in [1.82, 2.24) is 9.88 Å². The largest absolute Gasteiger partial charge is 0.317 e. The molecule has 0 atom stereocenters. The number of thioether (sulfide) groups is 1. The van der Waals surface area contributed by atoms with Gasteiger partial charge in [-0.15, -0.1) is 0 Å². The zero-order valence-electron chi connectivity index (χ0n) is 13.9. The van der Waals surface area contributed by atoms with Gasteiger partial charge in [0.05, 0.1) is 15.6 Å². The average Bonchev–Trinajstić information content (AvgIpc) is 3.26. The minimum absolute atomic E-state index is 0.164. The molecule has 4 nitrogen and oxygen atoms in total. The van der Waals surface area contributed by atoms with Crippen molar-refractivity contribution in [2.24, 2.45) is 4.99 Å². The van der Waals surface area contributed by atoms with E-state index in [1.807, 2.05) is 71.4 Å². The monoisotopic (exact) mass is 457 g/mol. The lowest BCUT2D eigenvalue weighted by Gasteiger charge is -2.06. The molecular weight excluding hydrogens is 446 g/mol. The van der Waals surface area contributed by atoms with Crippen LogP contribution in [-0.4, -0.2) is 15.6 Å². The van der Waals surface area contributed by atoms with Gasteiger partial charge in [-0.1, -0.05) is 29.8 Å². The van der Waals surface area contributed by atoms with Crippen LogP contribution in [0.2, 0.25) is 5.02 Å². The van der Waals surface area contributed by atoms with Crippen LogP contribution in [0.1, 0.15) is 5.69 Å². The maximum atomic E-state index is 12.3. The van der Waals surface area contributed by atoms with Crippen LogP contribution in [0.15, 0.2) is 81.2 Å². The number of nitrogens with one attached hydrogen (secondary N) is 1. The number of halogens is 2. The number of amidine groups is 1. The van der Waals surface area contributed by atoms with Crippen molar-refractivity contribution >= 4 is 62.1 Å². The zero-order valence-corrected chi connectivity index (χ0v) is 17.1. The van der Waals surface area contributed by atoms with Gasteiger partial charge >= 0.3 is 0 Å². The number of nitrogens with zero attached hydrogens (tertiary/aromatic N) is 2. The molecule has 1 N–H and O–H groups in total. The van der Waals surface area contributed by atoms with E-state index in [0.717, 1.165) is 15.9 Å². The van der Waals surface area contributed by atoms with E-state index in [9.17, 15) is 4.79 Å². The van der Waals surface area contributed by atoms with Gasteiger partial charge in [-0.25, -0.2) is 4.99 Å². The summed E-state index contributed by atoms with van der Waals surface area (Å²) in [5.41, 5.74) is 2.64. The Bertz CT molecular complexity index is 1080. The highest BCUT2D eigenvalue weighted by Gasteiger charge is 2.24. The molecule has 2 heterocycles. The van der Waals surface area contributed by atoms with Gasteiger partial charge in [-0.2, -0.15) is 0 Å². The molecule has 0 bridgehead atoms. The van der Waals surface area contributed by atoms with Crippen molar-refractivity contribution in [3.63, 3.8) is 0 Å². The number of aliphatic imine (C=N–C) groups is 1. The fourth-order valence-electron chi connectivity index (χ4n) is 2.62. The van der Waals surface area contributed by atoms with Crippen LogP contribution in [0.25, 0.3) is 11.8 Å². The van der Waals surface area contributed by atoms with Crippen molar-refractivity contribution in [3.05, 3.63) is 87.0 Å². The first kappa shape index (κ1) is 18.1. The van der Waals surface area contributed by atoms with Gasteiger partial charge in [0.15, 0.2) is 5.17 Å². The Balaban J connectivity index is 1.61. The normalized spacial score (nSPS) is 16.9. The summed E-state index contributed by atoms with van der Waals surface area (Å²) in [5, 5.41) is 3.90. The number of amides is 1. The third kappa shape index (κ3) is 4.03. The van der Waals surface area contributed by atoms with E-state index in [4.69, 9.17) is 11.6 Å². The molecule has 134 valence electrons. The predicted octanol–water partition coefficient (Wildman–Crippen LogP) is 5.78.